The Labute approximate surface area is 327 Å². The standard InChI is InChI=1S/C50H42N2OSSi/c1-49(2,3)40-32-35(30-31-36(40)37-22-16-26-42-46(37)51-48-52(42)41-25-13-15-28-44(41)54-48)55(33-18-8-6-9-19-33,34-20-10-7-11-21-34)45-29-17-24-39-47(45)53-43-27-14-12-23-38(43)50(39,4)5/h6-32H,1-5H3. The number of imidazole rings is 1. The second-order valence-electron chi connectivity index (χ2n) is 16.4. The summed E-state index contributed by atoms with van der Waals surface area (Å²) in [5, 5.41) is 5.24. The highest BCUT2D eigenvalue weighted by Gasteiger charge is 2.47. The van der Waals surface area contributed by atoms with Gasteiger partial charge < -0.3 is 4.74 Å². The normalized spacial score (nSPS) is 13.8. The van der Waals surface area contributed by atoms with E-state index in [-0.39, 0.29) is 10.8 Å². The first-order valence-electron chi connectivity index (χ1n) is 19.1. The number of nitrogens with zero attached hydrogens (tertiary/aromatic N) is 2. The van der Waals surface area contributed by atoms with E-state index in [0.717, 1.165) is 27.5 Å². The van der Waals surface area contributed by atoms with Gasteiger partial charge in [0.25, 0.3) is 0 Å². The van der Waals surface area contributed by atoms with Gasteiger partial charge in [-0.05, 0) is 61.6 Å². The molecule has 3 heterocycles. The highest BCUT2D eigenvalue weighted by atomic mass is 32.1. The second kappa shape index (κ2) is 12.4. The number of aromatic nitrogens is 2. The summed E-state index contributed by atoms with van der Waals surface area (Å²) in [5.74, 6) is 1.92. The first-order chi connectivity index (χ1) is 26.7. The van der Waals surface area contributed by atoms with Gasteiger partial charge >= 0.3 is 0 Å². The summed E-state index contributed by atoms with van der Waals surface area (Å²) >= 11 is 1.75. The molecule has 5 heteroatoms. The Morgan fingerprint density at radius 2 is 1.24 bits per heavy atom. The molecule has 55 heavy (non-hydrogen) atoms. The Hall–Kier alpha value is -5.75. The fourth-order valence-electron chi connectivity index (χ4n) is 9.16. The molecule has 0 fully saturated rings. The molecule has 0 saturated carbocycles. The number of thiazole rings is 1. The van der Waals surface area contributed by atoms with Crippen LogP contribution in [-0.4, -0.2) is 17.5 Å². The Bertz CT molecular complexity index is 2880. The zero-order valence-electron chi connectivity index (χ0n) is 31.8. The number of fused-ring (bicyclic) bond motifs is 7. The van der Waals surface area contributed by atoms with Gasteiger partial charge in [-0.15, -0.1) is 0 Å². The van der Waals surface area contributed by atoms with Crippen LogP contribution in [0.3, 0.4) is 0 Å². The van der Waals surface area contributed by atoms with E-state index in [0.29, 0.717) is 0 Å². The van der Waals surface area contributed by atoms with Crippen molar-refractivity contribution in [3.8, 4) is 22.6 Å². The molecule has 3 nitrogen and oxygen atoms in total. The molecule has 1 aliphatic heterocycles. The molecule has 0 amide bonds. The predicted octanol–water partition coefficient (Wildman–Crippen LogP) is 10.5. The molecule has 0 radical (unpaired) electrons. The predicted molar refractivity (Wildman–Crippen MR) is 234 cm³/mol. The first kappa shape index (κ1) is 33.8. The number of rotatable bonds is 5. The molecule has 268 valence electrons. The quantitative estimate of drug-likeness (QED) is 0.130. The highest BCUT2D eigenvalue weighted by molar-refractivity contribution is 7.23. The van der Waals surface area contributed by atoms with Crippen LogP contribution in [0.4, 0.5) is 0 Å². The van der Waals surface area contributed by atoms with Gasteiger partial charge in [-0.25, -0.2) is 4.98 Å². The second-order valence-corrected chi connectivity index (χ2v) is 21.2. The summed E-state index contributed by atoms with van der Waals surface area (Å²) in [5.41, 5.74) is 9.11. The van der Waals surface area contributed by atoms with Crippen molar-refractivity contribution in [2.45, 2.75) is 45.4 Å². The van der Waals surface area contributed by atoms with Crippen molar-refractivity contribution in [2.24, 2.45) is 0 Å². The molecule has 7 aromatic carbocycles. The third kappa shape index (κ3) is 5.03. The zero-order chi connectivity index (χ0) is 37.5. The lowest BCUT2D eigenvalue weighted by molar-refractivity contribution is 0.421. The van der Waals surface area contributed by atoms with E-state index in [1.54, 1.807) is 11.3 Å². The molecule has 0 spiro atoms. The number of hydrogen-bond acceptors (Lipinski definition) is 3. The van der Waals surface area contributed by atoms with Crippen LogP contribution in [0.5, 0.6) is 11.5 Å². The smallest absolute Gasteiger partial charge is 0.195 e. The van der Waals surface area contributed by atoms with Crippen LogP contribution in [0, 0.1) is 0 Å². The van der Waals surface area contributed by atoms with Crippen molar-refractivity contribution >= 4 is 66.4 Å². The number of hydrogen-bond donors (Lipinski definition) is 0. The molecule has 10 rings (SSSR count). The van der Waals surface area contributed by atoms with Gasteiger partial charge in [0.2, 0.25) is 0 Å². The average molecular weight is 747 g/mol. The number of ether oxygens (including phenoxy) is 1. The van der Waals surface area contributed by atoms with E-state index in [1.165, 1.54) is 58.8 Å². The van der Waals surface area contributed by atoms with E-state index in [2.05, 4.69) is 203 Å². The molecule has 0 atom stereocenters. The van der Waals surface area contributed by atoms with E-state index in [4.69, 9.17) is 9.72 Å². The Kier molecular flexibility index (Phi) is 7.61. The minimum atomic E-state index is -3.04. The van der Waals surface area contributed by atoms with Gasteiger partial charge in [-0.1, -0.05) is 185 Å². The van der Waals surface area contributed by atoms with Crippen LogP contribution in [-0.2, 0) is 10.8 Å². The topological polar surface area (TPSA) is 26.5 Å². The first-order valence-corrected chi connectivity index (χ1v) is 22.0. The van der Waals surface area contributed by atoms with Crippen molar-refractivity contribution in [3.05, 3.63) is 180 Å². The summed E-state index contributed by atoms with van der Waals surface area (Å²) in [7, 11) is -3.04. The fraction of sp³-hybridized carbons (Fsp3) is 0.140. The van der Waals surface area contributed by atoms with Gasteiger partial charge in [0.15, 0.2) is 13.0 Å². The average Bonchev–Trinajstić information content (AvgIpc) is 3.76. The molecule has 1 aliphatic rings. The minimum absolute atomic E-state index is 0.168. The molecule has 9 aromatic rings. The molecule has 0 N–H and O–H groups in total. The van der Waals surface area contributed by atoms with E-state index >= 15 is 0 Å². The van der Waals surface area contributed by atoms with Crippen LogP contribution >= 0.6 is 11.3 Å². The van der Waals surface area contributed by atoms with Crippen LogP contribution in [0.15, 0.2) is 164 Å². The van der Waals surface area contributed by atoms with Gasteiger partial charge in [0.1, 0.15) is 11.5 Å². The third-order valence-electron chi connectivity index (χ3n) is 11.8. The van der Waals surface area contributed by atoms with Crippen molar-refractivity contribution in [1.82, 2.24) is 9.38 Å². The molecule has 2 aromatic heterocycles. The SMILES string of the molecule is CC(C)(C)c1cc([Si](c2ccccc2)(c2ccccc2)c2cccc3c2Oc2ccccc2C3(C)C)ccc1-c1cccc2c1nc1sc3ccccc3n12. The summed E-state index contributed by atoms with van der Waals surface area (Å²) in [6.45, 7) is 11.7. The summed E-state index contributed by atoms with van der Waals surface area (Å²) in [6, 6.07) is 60.5. The number of para-hydroxylation sites is 4. The van der Waals surface area contributed by atoms with Gasteiger partial charge in [-0.3, -0.25) is 4.40 Å². The van der Waals surface area contributed by atoms with E-state index in [1.807, 2.05) is 0 Å². The van der Waals surface area contributed by atoms with Crippen molar-refractivity contribution in [3.63, 3.8) is 0 Å². The van der Waals surface area contributed by atoms with Crippen molar-refractivity contribution < 1.29 is 4.74 Å². The van der Waals surface area contributed by atoms with Crippen LogP contribution < -0.4 is 25.5 Å². The van der Waals surface area contributed by atoms with E-state index in [9.17, 15) is 0 Å². The minimum Gasteiger partial charge on any atom is -0.457 e. The third-order valence-corrected chi connectivity index (χ3v) is 17.6. The lowest BCUT2D eigenvalue weighted by atomic mass is 9.76. The Morgan fingerprint density at radius 1 is 0.600 bits per heavy atom. The monoisotopic (exact) mass is 746 g/mol. The molecule has 0 saturated heterocycles. The fourth-order valence-corrected chi connectivity index (χ4v) is 15.1. The molecule has 0 aliphatic carbocycles. The van der Waals surface area contributed by atoms with Gasteiger partial charge in [-0.2, -0.15) is 0 Å². The van der Waals surface area contributed by atoms with Crippen molar-refractivity contribution in [1.29, 1.82) is 0 Å². The van der Waals surface area contributed by atoms with Crippen LogP contribution in [0.2, 0.25) is 0 Å². The summed E-state index contributed by atoms with van der Waals surface area (Å²) < 4.78 is 10.7. The lowest BCUT2D eigenvalue weighted by Crippen LogP contribution is -2.75. The molecule has 0 bridgehead atoms. The van der Waals surface area contributed by atoms with Crippen LogP contribution in [0.1, 0.15) is 51.3 Å². The molecular formula is C50H42N2OSSi. The zero-order valence-corrected chi connectivity index (χ0v) is 33.6. The molecular weight excluding hydrogens is 705 g/mol. The summed E-state index contributed by atoms with van der Waals surface area (Å²) in [4.78, 5) is 6.34. The maximum absolute atomic E-state index is 7.13. The van der Waals surface area contributed by atoms with Crippen LogP contribution in [0.25, 0.3) is 37.3 Å². The lowest BCUT2D eigenvalue weighted by Gasteiger charge is -2.41. The van der Waals surface area contributed by atoms with Gasteiger partial charge in [0, 0.05) is 22.1 Å². The van der Waals surface area contributed by atoms with Gasteiger partial charge in [0.05, 0.1) is 21.3 Å². The van der Waals surface area contributed by atoms with Crippen molar-refractivity contribution in [2.75, 3.05) is 0 Å². The maximum Gasteiger partial charge on any atom is 0.195 e. The number of benzene rings is 7. The Balaban J connectivity index is 1.28. The highest BCUT2D eigenvalue weighted by Crippen LogP contribution is 2.47. The largest absolute Gasteiger partial charge is 0.457 e. The Morgan fingerprint density at radius 3 is 1.98 bits per heavy atom. The molecule has 0 unspecified atom stereocenters. The maximum atomic E-state index is 7.13. The summed E-state index contributed by atoms with van der Waals surface area (Å²) in [6.07, 6.45) is 0. The van der Waals surface area contributed by atoms with E-state index < -0.39 is 8.07 Å².